The van der Waals surface area contributed by atoms with Gasteiger partial charge in [0.1, 0.15) is 0 Å². The van der Waals surface area contributed by atoms with E-state index in [1.54, 1.807) is 0 Å². The molecule has 0 amide bonds. The fraction of sp³-hybridized carbons (Fsp3) is 0.917. The van der Waals surface area contributed by atoms with Crippen molar-refractivity contribution < 1.29 is 15.0 Å². The van der Waals surface area contributed by atoms with E-state index >= 15 is 0 Å². The fourth-order valence-corrected chi connectivity index (χ4v) is 2.34. The molecule has 0 spiro atoms. The van der Waals surface area contributed by atoms with Crippen LogP contribution in [0.1, 0.15) is 39.5 Å². The second-order valence-electron chi connectivity index (χ2n) is 4.92. The third-order valence-electron chi connectivity index (χ3n) is 3.59. The molecule has 0 aliphatic carbocycles. The average molecular weight is 229 g/mol. The zero-order valence-corrected chi connectivity index (χ0v) is 10.2. The molecule has 0 bridgehead atoms. The summed E-state index contributed by atoms with van der Waals surface area (Å²) in [6.07, 6.45) is 2.94. The van der Waals surface area contributed by atoms with Crippen molar-refractivity contribution >= 4 is 5.97 Å². The number of rotatable bonds is 5. The number of likely N-dealkylation sites (tertiary alicyclic amines) is 1. The molecule has 94 valence electrons. The number of piperidine rings is 1. The number of nitrogens with zero attached hydrogens (tertiary/aromatic N) is 1. The molecule has 1 aliphatic rings. The van der Waals surface area contributed by atoms with Crippen LogP contribution < -0.4 is 0 Å². The van der Waals surface area contributed by atoms with E-state index < -0.39 is 5.97 Å². The number of hydrogen-bond donors (Lipinski definition) is 2. The van der Waals surface area contributed by atoms with Gasteiger partial charge in [0.15, 0.2) is 0 Å². The lowest BCUT2D eigenvalue weighted by Gasteiger charge is -2.37. The maximum Gasteiger partial charge on any atom is 0.303 e. The summed E-state index contributed by atoms with van der Waals surface area (Å²) in [5.74, 6) is -0.230. The lowest BCUT2D eigenvalue weighted by atomic mass is 9.92. The molecule has 1 rings (SSSR count). The average Bonchev–Trinajstić information content (AvgIpc) is 2.25. The number of aliphatic carboxylic acids is 1. The van der Waals surface area contributed by atoms with Crippen LogP contribution in [-0.2, 0) is 4.79 Å². The van der Waals surface area contributed by atoms with Crippen LogP contribution in [0.25, 0.3) is 0 Å². The van der Waals surface area contributed by atoms with Crippen LogP contribution in [0.2, 0.25) is 0 Å². The Bertz CT molecular complexity index is 230. The SMILES string of the molecule is CC(O)C(C)N1CCCC(CCC(=O)O)C1. The van der Waals surface area contributed by atoms with E-state index in [1.165, 1.54) is 0 Å². The Morgan fingerprint density at radius 3 is 2.75 bits per heavy atom. The van der Waals surface area contributed by atoms with Gasteiger partial charge in [0.2, 0.25) is 0 Å². The first-order valence-electron chi connectivity index (χ1n) is 6.14. The van der Waals surface area contributed by atoms with Crippen LogP contribution >= 0.6 is 0 Å². The van der Waals surface area contributed by atoms with Gasteiger partial charge < -0.3 is 10.2 Å². The third-order valence-corrected chi connectivity index (χ3v) is 3.59. The standard InChI is InChI=1S/C12H23NO3/c1-9(10(2)14)13-7-3-4-11(8-13)5-6-12(15)16/h9-11,14H,3-8H2,1-2H3,(H,15,16). The molecular formula is C12H23NO3. The van der Waals surface area contributed by atoms with E-state index in [-0.39, 0.29) is 18.6 Å². The summed E-state index contributed by atoms with van der Waals surface area (Å²) in [5, 5.41) is 18.2. The second kappa shape index (κ2) is 6.21. The van der Waals surface area contributed by atoms with E-state index in [0.717, 1.165) is 32.4 Å². The Kier molecular flexibility index (Phi) is 5.22. The Hall–Kier alpha value is -0.610. The molecule has 0 radical (unpaired) electrons. The van der Waals surface area contributed by atoms with E-state index in [1.807, 2.05) is 13.8 Å². The monoisotopic (exact) mass is 229 g/mol. The maximum atomic E-state index is 10.5. The highest BCUT2D eigenvalue weighted by Crippen LogP contribution is 2.23. The highest BCUT2D eigenvalue weighted by molar-refractivity contribution is 5.66. The molecule has 0 saturated carbocycles. The van der Waals surface area contributed by atoms with Gasteiger partial charge in [0.05, 0.1) is 6.10 Å². The van der Waals surface area contributed by atoms with Crippen molar-refractivity contribution in [2.75, 3.05) is 13.1 Å². The zero-order valence-electron chi connectivity index (χ0n) is 10.2. The molecule has 4 nitrogen and oxygen atoms in total. The molecule has 0 aromatic heterocycles. The van der Waals surface area contributed by atoms with Crippen molar-refractivity contribution in [3.05, 3.63) is 0 Å². The Morgan fingerprint density at radius 1 is 1.50 bits per heavy atom. The number of carbonyl (C=O) groups is 1. The zero-order chi connectivity index (χ0) is 12.1. The first kappa shape index (κ1) is 13.5. The van der Waals surface area contributed by atoms with Gasteiger partial charge in [-0.2, -0.15) is 0 Å². The Morgan fingerprint density at radius 2 is 2.19 bits per heavy atom. The van der Waals surface area contributed by atoms with Crippen molar-refractivity contribution in [1.82, 2.24) is 4.90 Å². The fourth-order valence-electron chi connectivity index (χ4n) is 2.34. The van der Waals surface area contributed by atoms with Gasteiger partial charge in [-0.1, -0.05) is 0 Å². The third kappa shape index (κ3) is 4.10. The van der Waals surface area contributed by atoms with E-state index in [4.69, 9.17) is 5.11 Å². The minimum absolute atomic E-state index is 0.174. The summed E-state index contributed by atoms with van der Waals surface area (Å²) in [5.41, 5.74) is 0. The number of carboxylic acid groups (broad SMARTS) is 1. The summed E-state index contributed by atoms with van der Waals surface area (Å²) in [4.78, 5) is 12.8. The normalized spacial score (nSPS) is 26.3. The predicted molar refractivity (Wildman–Crippen MR) is 62.3 cm³/mol. The molecular weight excluding hydrogens is 206 g/mol. The summed E-state index contributed by atoms with van der Waals surface area (Å²) < 4.78 is 0. The van der Waals surface area contributed by atoms with Gasteiger partial charge in [-0.15, -0.1) is 0 Å². The molecule has 16 heavy (non-hydrogen) atoms. The van der Waals surface area contributed by atoms with Gasteiger partial charge in [-0.3, -0.25) is 9.69 Å². The molecule has 1 aliphatic heterocycles. The summed E-state index contributed by atoms with van der Waals surface area (Å²) in [7, 11) is 0. The van der Waals surface area contributed by atoms with Gasteiger partial charge in [-0.25, -0.2) is 0 Å². The van der Waals surface area contributed by atoms with Crippen molar-refractivity contribution in [2.45, 2.75) is 51.7 Å². The van der Waals surface area contributed by atoms with Crippen LogP contribution in [0.15, 0.2) is 0 Å². The van der Waals surface area contributed by atoms with Crippen LogP contribution in [0.5, 0.6) is 0 Å². The molecule has 1 fully saturated rings. The minimum atomic E-state index is -0.708. The van der Waals surface area contributed by atoms with Gasteiger partial charge in [0.25, 0.3) is 0 Å². The molecule has 3 atom stereocenters. The van der Waals surface area contributed by atoms with E-state index in [0.29, 0.717) is 5.92 Å². The number of aliphatic hydroxyl groups is 1. The minimum Gasteiger partial charge on any atom is -0.481 e. The first-order valence-corrected chi connectivity index (χ1v) is 6.14. The molecule has 0 aromatic rings. The Balaban J connectivity index is 2.37. The first-order chi connectivity index (χ1) is 7.50. The van der Waals surface area contributed by atoms with Gasteiger partial charge >= 0.3 is 5.97 Å². The smallest absolute Gasteiger partial charge is 0.303 e. The van der Waals surface area contributed by atoms with Crippen LogP contribution in [0, 0.1) is 5.92 Å². The largest absolute Gasteiger partial charge is 0.481 e. The topological polar surface area (TPSA) is 60.8 Å². The lowest BCUT2D eigenvalue weighted by molar-refractivity contribution is -0.137. The molecule has 2 N–H and O–H groups in total. The predicted octanol–water partition coefficient (Wildman–Crippen LogP) is 1.33. The highest BCUT2D eigenvalue weighted by Gasteiger charge is 2.25. The molecule has 3 unspecified atom stereocenters. The quantitative estimate of drug-likeness (QED) is 0.746. The van der Waals surface area contributed by atoms with Gasteiger partial charge in [0, 0.05) is 19.0 Å². The summed E-state index contributed by atoms with van der Waals surface area (Å²) in [6, 6.07) is 0.174. The number of aliphatic hydroxyl groups excluding tert-OH is 1. The van der Waals surface area contributed by atoms with Crippen molar-refractivity contribution in [2.24, 2.45) is 5.92 Å². The molecule has 0 aromatic carbocycles. The number of carboxylic acids is 1. The van der Waals surface area contributed by atoms with E-state index in [2.05, 4.69) is 4.90 Å². The van der Waals surface area contributed by atoms with E-state index in [9.17, 15) is 9.90 Å². The molecule has 1 heterocycles. The van der Waals surface area contributed by atoms with Crippen LogP contribution in [-0.4, -0.2) is 46.3 Å². The molecule has 1 saturated heterocycles. The van der Waals surface area contributed by atoms with Crippen molar-refractivity contribution in [3.8, 4) is 0 Å². The lowest BCUT2D eigenvalue weighted by Crippen LogP contribution is -2.46. The van der Waals surface area contributed by atoms with Crippen molar-refractivity contribution in [1.29, 1.82) is 0 Å². The number of hydrogen-bond acceptors (Lipinski definition) is 3. The second-order valence-corrected chi connectivity index (χ2v) is 4.92. The summed E-state index contributed by atoms with van der Waals surface area (Å²) in [6.45, 7) is 5.80. The van der Waals surface area contributed by atoms with Crippen molar-refractivity contribution in [3.63, 3.8) is 0 Å². The van der Waals surface area contributed by atoms with Crippen LogP contribution in [0.4, 0.5) is 0 Å². The maximum absolute atomic E-state index is 10.5. The van der Waals surface area contributed by atoms with Crippen LogP contribution in [0.3, 0.4) is 0 Å². The van der Waals surface area contributed by atoms with Gasteiger partial charge in [-0.05, 0) is 45.6 Å². The Labute approximate surface area is 97.3 Å². The summed E-state index contributed by atoms with van der Waals surface area (Å²) >= 11 is 0. The highest BCUT2D eigenvalue weighted by atomic mass is 16.4. The molecule has 4 heteroatoms.